The fourth-order valence-electron chi connectivity index (χ4n) is 1.43. The number of hydrogen-bond acceptors (Lipinski definition) is 0. The molecule has 0 unspecified atom stereocenters. The quantitative estimate of drug-likeness (QED) is 0.588. The Kier molecular flexibility index (Phi) is 2.69. The molecule has 0 aliphatic heterocycles. The van der Waals surface area contributed by atoms with Crippen LogP contribution in [0.25, 0.3) is 6.08 Å². The first-order chi connectivity index (χ1) is 5.65. The highest BCUT2D eigenvalue weighted by molar-refractivity contribution is 5.56. The minimum Gasteiger partial charge on any atom is -0.0871 e. The third-order valence-electron chi connectivity index (χ3n) is 2.20. The van der Waals surface area contributed by atoms with Gasteiger partial charge in [-0.1, -0.05) is 29.8 Å². The van der Waals surface area contributed by atoms with E-state index in [1.54, 1.807) is 0 Å². The number of allylic oxidation sites excluding steroid dienone is 1. The molecule has 0 aliphatic rings. The summed E-state index contributed by atoms with van der Waals surface area (Å²) in [7, 11) is 0. The first kappa shape index (κ1) is 9.05. The van der Waals surface area contributed by atoms with E-state index in [0.29, 0.717) is 0 Å². The number of rotatable bonds is 1. The molecular formula is C12H16. The molecule has 1 aromatic rings. The van der Waals surface area contributed by atoms with Crippen molar-refractivity contribution in [2.45, 2.75) is 27.7 Å². The van der Waals surface area contributed by atoms with Gasteiger partial charge in [0.1, 0.15) is 0 Å². The van der Waals surface area contributed by atoms with Crippen molar-refractivity contribution in [3.8, 4) is 0 Å². The standard InChI is InChI=1S/C12H16/c1-5-6-12-8-9(2)7-10(3)11(12)4/h5-8H,1-4H3. The summed E-state index contributed by atoms with van der Waals surface area (Å²) < 4.78 is 0. The van der Waals surface area contributed by atoms with Gasteiger partial charge in [0.05, 0.1) is 0 Å². The van der Waals surface area contributed by atoms with E-state index in [-0.39, 0.29) is 0 Å². The molecule has 0 radical (unpaired) electrons. The fraction of sp³-hybridized carbons (Fsp3) is 0.333. The Labute approximate surface area is 74.9 Å². The average Bonchev–Trinajstić information content (AvgIpc) is 2.00. The number of aryl methyl sites for hydroxylation is 2. The van der Waals surface area contributed by atoms with Gasteiger partial charge in [-0.25, -0.2) is 0 Å². The first-order valence-electron chi connectivity index (χ1n) is 4.35. The Morgan fingerprint density at radius 1 is 1.08 bits per heavy atom. The van der Waals surface area contributed by atoms with Crippen LogP contribution in [0.4, 0.5) is 0 Å². The molecule has 12 heavy (non-hydrogen) atoms. The molecule has 1 aromatic carbocycles. The zero-order valence-corrected chi connectivity index (χ0v) is 8.31. The van der Waals surface area contributed by atoms with Crippen molar-refractivity contribution in [1.82, 2.24) is 0 Å². The highest BCUT2D eigenvalue weighted by Gasteiger charge is 1.98. The summed E-state index contributed by atoms with van der Waals surface area (Å²) in [4.78, 5) is 0. The molecule has 0 bridgehead atoms. The van der Waals surface area contributed by atoms with E-state index in [1.807, 2.05) is 0 Å². The third kappa shape index (κ3) is 1.76. The molecule has 64 valence electrons. The second-order valence-electron chi connectivity index (χ2n) is 3.30. The van der Waals surface area contributed by atoms with Crippen molar-refractivity contribution < 1.29 is 0 Å². The van der Waals surface area contributed by atoms with E-state index in [9.17, 15) is 0 Å². The predicted molar refractivity (Wildman–Crippen MR) is 55.4 cm³/mol. The average molecular weight is 160 g/mol. The van der Waals surface area contributed by atoms with Crippen LogP contribution in [0.3, 0.4) is 0 Å². The van der Waals surface area contributed by atoms with Crippen molar-refractivity contribution in [3.05, 3.63) is 40.5 Å². The third-order valence-corrected chi connectivity index (χ3v) is 2.20. The lowest BCUT2D eigenvalue weighted by Gasteiger charge is -2.06. The molecule has 0 aromatic heterocycles. The highest BCUT2D eigenvalue weighted by atomic mass is 14.0. The topological polar surface area (TPSA) is 0 Å². The molecule has 0 saturated carbocycles. The summed E-state index contributed by atoms with van der Waals surface area (Å²) in [5, 5.41) is 0. The summed E-state index contributed by atoms with van der Waals surface area (Å²) in [6.45, 7) is 8.52. The fourth-order valence-corrected chi connectivity index (χ4v) is 1.43. The molecule has 0 amide bonds. The van der Waals surface area contributed by atoms with Gasteiger partial charge in [-0.3, -0.25) is 0 Å². The van der Waals surface area contributed by atoms with Crippen LogP contribution in [0.15, 0.2) is 18.2 Å². The maximum absolute atomic E-state index is 2.22. The molecule has 0 atom stereocenters. The lowest BCUT2D eigenvalue weighted by Crippen LogP contribution is -1.87. The first-order valence-corrected chi connectivity index (χ1v) is 4.35. The van der Waals surface area contributed by atoms with E-state index in [0.717, 1.165) is 0 Å². The van der Waals surface area contributed by atoms with Crippen molar-refractivity contribution >= 4 is 6.08 Å². The minimum absolute atomic E-state index is 1.34. The van der Waals surface area contributed by atoms with Gasteiger partial charge in [0.25, 0.3) is 0 Å². The number of benzene rings is 1. The Bertz CT molecular complexity index is 306. The predicted octanol–water partition coefficient (Wildman–Crippen LogP) is 3.64. The zero-order valence-electron chi connectivity index (χ0n) is 8.31. The van der Waals surface area contributed by atoms with Crippen LogP contribution >= 0.6 is 0 Å². The number of hydrogen-bond donors (Lipinski definition) is 0. The molecule has 0 N–H and O–H groups in total. The van der Waals surface area contributed by atoms with Gasteiger partial charge < -0.3 is 0 Å². The van der Waals surface area contributed by atoms with Crippen LogP contribution in [0.1, 0.15) is 29.2 Å². The smallest absolute Gasteiger partial charge is 0.0225 e. The largest absolute Gasteiger partial charge is 0.0871 e. The van der Waals surface area contributed by atoms with Crippen molar-refractivity contribution in [2.75, 3.05) is 0 Å². The molecule has 0 heterocycles. The monoisotopic (exact) mass is 160 g/mol. The molecular weight excluding hydrogens is 144 g/mol. The van der Waals surface area contributed by atoms with Gasteiger partial charge in [-0.05, 0) is 44.4 Å². The van der Waals surface area contributed by atoms with Crippen LogP contribution in [0.2, 0.25) is 0 Å². The van der Waals surface area contributed by atoms with Crippen LogP contribution in [-0.2, 0) is 0 Å². The molecule has 0 fully saturated rings. The van der Waals surface area contributed by atoms with Gasteiger partial charge in [-0.15, -0.1) is 0 Å². The molecule has 0 saturated heterocycles. The summed E-state index contributed by atoms with van der Waals surface area (Å²) in [5.74, 6) is 0. The molecule has 1 rings (SSSR count). The molecule has 0 heteroatoms. The highest BCUT2D eigenvalue weighted by Crippen LogP contribution is 2.16. The van der Waals surface area contributed by atoms with E-state index in [1.165, 1.54) is 22.3 Å². The summed E-state index contributed by atoms with van der Waals surface area (Å²) in [6.07, 6.45) is 4.25. The van der Waals surface area contributed by atoms with E-state index in [4.69, 9.17) is 0 Å². The molecule has 0 spiro atoms. The molecule has 0 aliphatic carbocycles. The maximum Gasteiger partial charge on any atom is -0.0225 e. The second-order valence-corrected chi connectivity index (χ2v) is 3.30. The van der Waals surface area contributed by atoms with Crippen molar-refractivity contribution in [2.24, 2.45) is 0 Å². The lowest BCUT2D eigenvalue weighted by molar-refractivity contribution is 1.28. The second kappa shape index (κ2) is 3.57. The van der Waals surface area contributed by atoms with Gasteiger partial charge >= 0.3 is 0 Å². The summed E-state index contributed by atoms with van der Waals surface area (Å²) in [6, 6.07) is 4.45. The van der Waals surface area contributed by atoms with Crippen molar-refractivity contribution in [1.29, 1.82) is 0 Å². The van der Waals surface area contributed by atoms with Crippen LogP contribution in [0, 0.1) is 20.8 Å². The summed E-state index contributed by atoms with van der Waals surface area (Å²) in [5.41, 5.74) is 5.45. The minimum atomic E-state index is 1.34. The maximum atomic E-state index is 2.22. The Balaban J connectivity index is 3.27. The normalized spacial score (nSPS) is 11.0. The zero-order chi connectivity index (χ0) is 9.14. The van der Waals surface area contributed by atoms with Gasteiger partial charge in [0, 0.05) is 0 Å². The van der Waals surface area contributed by atoms with Crippen LogP contribution in [0.5, 0.6) is 0 Å². The Morgan fingerprint density at radius 2 is 1.75 bits per heavy atom. The van der Waals surface area contributed by atoms with E-state index < -0.39 is 0 Å². The van der Waals surface area contributed by atoms with Crippen LogP contribution in [-0.4, -0.2) is 0 Å². The molecule has 0 nitrogen and oxygen atoms in total. The SMILES string of the molecule is CC=Cc1cc(C)cc(C)c1C. The van der Waals surface area contributed by atoms with Gasteiger partial charge in [0.15, 0.2) is 0 Å². The van der Waals surface area contributed by atoms with E-state index >= 15 is 0 Å². The lowest BCUT2D eigenvalue weighted by atomic mass is 10.00. The van der Waals surface area contributed by atoms with Crippen molar-refractivity contribution in [3.63, 3.8) is 0 Å². The van der Waals surface area contributed by atoms with Crippen LogP contribution < -0.4 is 0 Å². The van der Waals surface area contributed by atoms with Gasteiger partial charge in [-0.2, -0.15) is 0 Å². The Morgan fingerprint density at radius 3 is 2.33 bits per heavy atom. The summed E-state index contributed by atoms with van der Waals surface area (Å²) >= 11 is 0. The van der Waals surface area contributed by atoms with Gasteiger partial charge in [0.2, 0.25) is 0 Å². The van der Waals surface area contributed by atoms with E-state index in [2.05, 4.69) is 52.0 Å². The Hall–Kier alpha value is -1.04.